The van der Waals surface area contributed by atoms with Crippen molar-refractivity contribution in [3.8, 4) is 0 Å². The minimum Gasteiger partial charge on any atom is -0.467 e. The summed E-state index contributed by atoms with van der Waals surface area (Å²) >= 11 is 0. The summed E-state index contributed by atoms with van der Waals surface area (Å²) in [5, 5.41) is 2.47. The van der Waals surface area contributed by atoms with Gasteiger partial charge < -0.3 is 19.2 Å². The second-order valence-corrected chi connectivity index (χ2v) is 10.2. The first kappa shape index (κ1) is 18.2. The quantitative estimate of drug-likeness (QED) is 0.615. The van der Waals surface area contributed by atoms with Gasteiger partial charge in [0.05, 0.1) is 13.7 Å². The Hall–Kier alpha value is -1.86. The van der Waals surface area contributed by atoms with Crippen LogP contribution in [0.15, 0.2) is 30.3 Å². The normalized spacial score (nSPS) is 12.4. The van der Waals surface area contributed by atoms with Crippen LogP contribution in [0.1, 0.15) is 5.56 Å². The standard InChI is InChI=1S/C15H23NO5Si/c1-19-14(17)13(11-21-22(2,3)4)16-15(18)20-10-12-8-6-5-7-9-12/h5-9,13H,10-11H2,1-4H3,(H,16,18)/t13-/m0/s1. The molecule has 0 saturated carbocycles. The molecule has 0 radical (unpaired) electrons. The summed E-state index contributed by atoms with van der Waals surface area (Å²) in [5.41, 5.74) is 0.866. The molecule has 1 rings (SSSR count). The molecule has 122 valence electrons. The average Bonchev–Trinajstić information content (AvgIpc) is 2.48. The summed E-state index contributed by atoms with van der Waals surface area (Å²) in [6.45, 7) is 6.19. The number of hydrogen-bond acceptors (Lipinski definition) is 5. The largest absolute Gasteiger partial charge is 0.467 e. The van der Waals surface area contributed by atoms with E-state index in [2.05, 4.69) is 10.1 Å². The monoisotopic (exact) mass is 325 g/mol. The summed E-state index contributed by atoms with van der Waals surface area (Å²) in [4.78, 5) is 23.5. The topological polar surface area (TPSA) is 73.9 Å². The molecule has 1 aromatic rings. The van der Waals surface area contributed by atoms with E-state index in [0.29, 0.717) is 0 Å². The number of alkyl carbamates (subject to hydrolysis) is 1. The van der Waals surface area contributed by atoms with Crippen LogP contribution in [0, 0.1) is 0 Å². The molecule has 1 amide bonds. The average molecular weight is 325 g/mol. The number of methoxy groups -OCH3 is 1. The van der Waals surface area contributed by atoms with Crippen LogP contribution in [0.4, 0.5) is 4.79 Å². The first-order valence-electron chi connectivity index (χ1n) is 7.01. The zero-order valence-electron chi connectivity index (χ0n) is 13.4. The molecule has 0 aliphatic carbocycles. The van der Waals surface area contributed by atoms with Crippen molar-refractivity contribution in [2.75, 3.05) is 13.7 Å². The van der Waals surface area contributed by atoms with Crippen molar-refractivity contribution in [3.63, 3.8) is 0 Å². The van der Waals surface area contributed by atoms with Gasteiger partial charge in [-0.1, -0.05) is 30.3 Å². The zero-order valence-corrected chi connectivity index (χ0v) is 14.4. The van der Waals surface area contributed by atoms with Crippen molar-refractivity contribution in [2.24, 2.45) is 0 Å². The maximum absolute atomic E-state index is 11.8. The van der Waals surface area contributed by atoms with Crippen molar-refractivity contribution >= 4 is 20.4 Å². The lowest BCUT2D eigenvalue weighted by atomic mass is 10.2. The van der Waals surface area contributed by atoms with Crippen molar-refractivity contribution in [1.82, 2.24) is 5.32 Å². The lowest BCUT2D eigenvalue weighted by Gasteiger charge is -2.22. The molecule has 0 bridgehead atoms. The third kappa shape index (κ3) is 7.23. The number of carbonyl (C=O) groups excluding carboxylic acids is 2. The summed E-state index contributed by atoms with van der Waals surface area (Å²) in [7, 11) is -0.536. The molecule has 0 spiro atoms. The van der Waals surface area contributed by atoms with Crippen LogP contribution in [0.3, 0.4) is 0 Å². The lowest BCUT2D eigenvalue weighted by Crippen LogP contribution is -2.47. The maximum atomic E-state index is 11.8. The van der Waals surface area contributed by atoms with E-state index in [0.717, 1.165) is 5.56 Å². The Morgan fingerprint density at radius 2 is 1.82 bits per heavy atom. The van der Waals surface area contributed by atoms with E-state index >= 15 is 0 Å². The van der Waals surface area contributed by atoms with Crippen molar-refractivity contribution in [1.29, 1.82) is 0 Å². The number of hydrogen-bond donors (Lipinski definition) is 1. The second kappa shape index (κ2) is 8.55. The Kier molecular flexibility index (Phi) is 7.07. The first-order chi connectivity index (χ1) is 10.3. The molecular formula is C15H23NO5Si. The van der Waals surface area contributed by atoms with Gasteiger partial charge in [0.25, 0.3) is 0 Å². The Bertz CT molecular complexity index is 486. The van der Waals surface area contributed by atoms with Crippen LogP contribution in [0.2, 0.25) is 19.6 Å². The molecule has 6 nitrogen and oxygen atoms in total. The van der Waals surface area contributed by atoms with E-state index in [1.165, 1.54) is 7.11 Å². The molecule has 0 aliphatic rings. The molecule has 1 aromatic carbocycles. The summed E-state index contributed by atoms with van der Waals surface area (Å²) < 4.78 is 15.4. The van der Waals surface area contributed by atoms with Crippen LogP contribution in [0.5, 0.6) is 0 Å². The molecule has 0 heterocycles. The number of nitrogens with one attached hydrogen (secondary N) is 1. The van der Waals surface area contributed by atoms with E-state index in [1.807, 2.05) is 50.0 Å². The summed E-state index contributed by atoms with van der Waals surface area (Å²) in [6.07, 6.45) is -0.682. The van der Waals surface area contributed by atoms with Gasteiger partial charge in [-0.3, -0.25) is 0 Å². The van der Waals surface area contributed by atoms with Gasteiger partial charge in [-0.15, -0.1) is 0 Å². The first-order valence-corrected chi connectivity index (χ1v) is 10.4. The van der Waals surface area contributed by atoms with Gasteiger partial charge in [0.1, 0.15) is 6.61 Å². The number of carbonyl (C=O) groups is 2. The molecule has 0 saturated heterocycles. The highest BCUT2D eigenvalue weighted by Crippen LogP contribution is 2.05. The number of amides is 1. The van der Waals surface area contributed by atoms with Crippen LogP contribution in [-0.4, -0.2) is 40.1 Å². The fraction of sp³-hybridized carbons (Fsp3) is 0.467. The molecule has 0 unspecified atom stereocenters. The zero-order chi connectivity index (χ0) is 16.6. The third-order valence-electron chi connectivity index (χ3n) is 2.67. The number of esters is 1. The molecule has 0 aliphatic heterocycles. The van der Waals surface area contributed by atoms with Crippen LogP contribution in [0.25, 0.3) is 0 Å². The van der Waals surface area contributed by atoms with E-state index in [4.69, 9.17) is 9.16 Å². The highest BCUT2D eigenvalue weighted by atomic mass is 28.4. The van der Waals surface area contributed by atoms with Gasteiger partial charge in [-0.05, 0) is 25.2 Å². The van der Waals surface area contributed by atoms with Crippen molar-refractivity contribution in [2.45, 2.75) is 32.3 Å². The minimum atomic E-state index is -1.80. The smallest absolute Gasteiger partial charge is 0.408 e. The van der Waals surface area contributed by atoms with Crippen LogP contribution < -0.4 is 5.32 Å². The SMILES string of the molecule is COC(=O)[C@H](CO[Si](C)(C)C)NC(=O)OCc1ccccc1. The number of rotatable bonds is 7. The minimum absolute atomic E-state index is 0.0723. The van der Waals surface area contributed by atoms with Crippen molar-refractivity contribution < 1.29 is 23.5 Å². The molecule has 1 atom stereocenters. The van der Waals surface area contributed by atoms with E-state index in [-0.39, 0.29) is 13.2 Å². The molecule has 7 heteroatoms. The van der Waals surface area contributed by atoms with E-state index in [1.54, 1.807) is 0 Å². The predicted molar refractivity (Wildman–Crippen MR) is 84.9 cm³/mol. The fourth-order valence-corrected chi connectivity index (χ4v) is 2.22. The predicted octanol–water partition coefficient (Wildman–Crippen LogP) is 2.31. The Morgan fingerprint density at radius 3 is 2.36 bits per heavy atom. The lowest BCUT2D eigenvalue weighted by molar-refractivity contribution is -0.143. The van der Waals surface area contributed by atoms with Gasteiger partial charge in [-0.2, -0.15) is 0 Å². The fourth-order valence-electron chi connectivity index (χ4n) is 1.55. The van der Waals surface area contributed by atoms with E-state index in [9.17, 15) is 9.59 Å². The molecule has 1 N–H and O–H groups in total. The highest BCUT2D eigenvalue weighted by Gasteiger charge is 2.25. The van der Waals surface area contributed by atoms with Gasteiger partial charge in [0.2, 0.25) is 0 Å². The Balaban J connectivity index is 2.50. The van der Waals surface area contributed by atoms with Gasteiger partial charge in [0, 0.05) is 0 Å². The highest BCUT2D eigenvalue weighted by molar-refractivity contribution is 6.69. The van der Waals surface area contributed by atoms with Crippen LogP contribution >= 0.6 is 0 Å². The Labute approximate surface area is 131 Å². The van der Waals surface area contributed by atoms with Gasteiger partial charge in [-0.25, -0.2) is 9.59 Å². The Morgan fingerprint density at radius 1 is 1.18 bits per heavy atom. The third-order valence-corrected chi connectivity index (χ3v) is 3.71. The maximum Gasteiger partial charge on any atom is 0.408 e. The second-order valence-electron chi connectivity index (χ2n) is 5.71. The molecule has 0 aromatic heterocycles. The molecule has 0 fully saturated rings. The van der Waals surface area contributed by atoms with Gasteiger partial charge >= 0.3 is 12.1 Å². The summed E-state index contributed by atoms with van der Waals surface area (Å²) in [6, 6.07) is 8.41. The molecular weight excluding hydrogens is 302 g/mol. The number of ether oxygens (including phenoxy) is 2. The van der Waals surface area contributed by atoms with Crippen LogP contribution in [-0.2, 0) is 25.3 Å². The number of benzene rings is 1. The van der Waals surface area contributed by atoms with E-state index < -0.39 is 26.4 Å². The summed E-state index contributed by atoms with van der Waals surface area (Å²) in [5.74, 6) is -0.560. The van der Waals surface area contributed by atoms with Crippen molar-refractivity contribution in [3.05, 3.63) is 35.9 Å². The van der Waals surface area contributed by atoms with Gasteiger partial charge in [0.15, 0.2) is 14.4 Å². The molecule has 22 heavy (non-hydrogen) atoms.